The van der Waals surface area contributed by atoms with E-state index in [0.717, 1.165) is 216 Å². The van der Waals surface area contributed by atoms with Crippen molar-refractivity contribution in [1.29, 1.82) is 0 Å². The Kier molecular flexibility index (Phi) is 23.0. The van der Waals surface area contributed by atoms with Crippen molar-refractivity contribution in [3.8, 4) is 147 Å². The molecular weight excluding hydrogens is 1690 g/mol. The zero-order valence-corrected chi connectivity index (χ0v) is 77.3. The van der Waals surface area contributed by atoms with E-state index in [1.807, 2.05) is 129 Å². The highest BCUT2D eigenvalue weighted by molar-refractivity contribution is 6.08. The van der Waals surface area contributed by atoms with Crippen molar-refractivity contribution < 1.29 is 0 Å². The second kappa shape index (κ2) is 37.0. The number of benzene rings is 12. The summed E-state index contributed by atoms with van der Waals surface area (Å²) in [5, 5.41) is 8.79. The molecule has 0 N–H and O–H groups in total. The number of nitrogens with zero attached hydrogens (tertiary/aromatic N) is 16. The molecule has 0 radical (unpaired) electrons. The van der Waals surface area contributed by atoms with Crippen LogP contribution in [-0.2, 0) is 0 Å². The molecule has 0 saturated heterocycles. The highest BCUT2D eigenvalue weighted by atomic mass is 15.0. The Morgan fingerprint density at radius 1 is 0.188 bits per heavy atom. The van der Waals surface area contributed by atoms with Crippen molar-refractivity contribution in [3.05, 3.63) is 423 Å². The van der Waals surface area contributed by atoms with Crippen molar-refractivity contribution in [1.82, 2.24) is 79.7 Å². The molecule has 138 heavy (non-hydrogen) atoms. The SMILES string of the molecule is CC(C)c1cc(C(C)C)c2ccc3ccc(-c4cc(-c5ccccc5)nc(-c5cccc(-c6cccc7cccnc67)c5)n4)nc3c2n1.Cc1cc(C)c2ccc3ccc(-c4cccc(-c5ccc(-c6nc(-c7ccccc7)nc(-c7ccncc7)n6)cc5)c4)nc3c2n1.Cc1cc(C)c2ccc3ccc(-c4nc(-c5ccccc5)cc(-c5cccc(-c6cccc7cccnc67)c5)n4)nc3c2n1. The lowest BCUT2D eigenvalue weighted by Gasteiger charge is -2.16. The van der Waals surface area contributed by atoms with Gasteiger partial charge in [-0.25, -0.2) is 49.8 Å². The highest BCUT2D eigenvalue weighted by Crippen LogP contribution is 2.41. The second-order valence-electron chi connectivity index (χ2n) is 35.4. The Morgan fingerprint density at radius 3 is 1.12 bits per heavy atom. The largest absolute Gasteiger partial charge is 0.265 e. The van der Waals surface area contributed by atoms with E-state index >= 15 is 0 Å². The number of hydrogen-bond acceptors (Lipinski definition) is 16. The van der Waals surface area contributed by atoms with Crippen LogP contribution in [0.5, 0.6) is 0 Å². The van der Waals surface area contributed by atoms with Crippen LogP contribution in [-0.4, -0.2) is 79.7 Å². The van der Waals surface area contributed by atoms with Crippen molar-refractivity contribution in [3.63, 3.8) is 0 Å². The van der Waals surface area contributed by atoms with Crippen molar-refractivity contribution >= 4 is 87.2 Å². The first-order valence-corrected chi connectivity index (χ1v) is 46.4. The lowest BCUT2D eigenvalue weighted by atomic mass is 9.94. The fraction of sp³-hybridized carbons (Fsp3) is 0.0820. The molecule has 0 fully saturated rings. The lowest BCUT2D eigenvalue weighted by Crippen LogP contribution is -2.01. The highest BCUT2D eigenvalue weighted by Gasteiger charge is 2.23. The summed E-state index contributed by atoms with van der Waals surface area (Å²) < 4.78 is 0. The quantitative estimate of drug-likeness (QED) is 0.0875. The normalized spacial score (nSPS) is 11.5. The molecule has 0 aliphatic heterocycles. The van der Waals surface area contributed by atoms with Crippen LogP contribution < -0.4 is 0 Å². The molecule has 16 heteroatoms. The molecule has 0 aliphatic rings. The molecule has 12 heterocycles. The fourth-order valence-electron chi connectivity index (χ4n) is 18.3. The van der Waals surface area contributed by atoms with E-state index in [1.165, 1.54) is 16.7 Å². The predicted molar refractivity (Wildman–Crippen MR) is 562 cm³/mol. The number of aromatic nitrogens is 16. The van der Waals surface area contributed by atoms with E-state index in [1.54, 1.807) is 12.4 Å². The summed E-state index contributed by atoms with van der Waals surface area (Å²) in [6.07, 6.45) is 7.18. The van der Waals surface area contributed by atoms with E-state index in [4.69, 9.17) is 69.8 Å². The second-order valence-corrected chi connectivity index (χ2v) is 35.4. The van der Waals surface area contributed by atoms with Gasteiger partial charge in [0, 0.05) is 141 Å². The van der Waals surface area contributed by atoms with Gasteiger partial charge in [-0.05, 0) is 169 Å². The molecule has 0 unspecified atom stereocenters. The van der Waals surface area contributed by atoms with Crippen LogP contribution in [0.1, 0.15) is 73.3 Å². The molecule has 12 aromatic carbocycles. The number of rotatable bonds is 15. The summed E-state index contributed by atoms with van der Waals surface area (Å²) in [5.41, 5.74) is 34.1. The Balaban J connectivity index is 0.000000120. The van der Waals surface area contributed by atoms with E-state index in [-0.39, 0.29) is 0 Å². The molecule has 12 aromatic heterocycles. The Labute approximate surface area is 798 Å². The number of hydrogen-bond donors (Lipinski definition) is 0. The molecule has 24 rings (SSSR count). The third-order valence-corrected chi connectivity index (χ3v) is 25.3. The van der Waals surface area contributed by atoms with Gasteiger partial charge >= 0.3 is 0 Å². The van der Waals surface area contributed by atoms with Crippen LogP contribution in [0.2, 0.25) is 0 Å². The number of aryl methyl sites for hydroxylation is 4. The lowest BCUT2D eigenvalue weighted by molar-refractivity contribution is 0.811. The summed E-state index contributed by atoms with van der Waals surface area (Å²) >= 11 is 0. The minimum atomic E-state index is 0.309. The van der Waals surface area contributed by atoms with E-state index < -0.39 is 0 Å². The van der Waals surface area contributed by atoms with Crippen LogP contribution in [0.15, 0.2) is 389 Å². The van der Waals surface area contributed by atoms with Gasteiger partial charge in [-0.15, -0.1) is 0 Å². The van der Waals surface area contributed by atoms with Gasteiger partial charge < -0.3 is 0 Å². The summed E-state index contributed by atoms with van der Waals surface area (Å²) in [7, 11) is 0. The topological polar surface area (TPSA) is 206 Å². The zero-order valence-electron chi connectivity index (χ0n) is 77.3. The Bertz CT molecular complexity index is 8760. The molecule has 24 aromatic rings. The minimum Gasteiger partial charge on any atom is -0.265 e. The Hall–Kier alpha value is -17.8. The monoisotopic (exact) mass is 1780 g/mol. The van der Waals surface area contributed by atoms with Gasteiger partial charge in [0.05, 0.1) is 78.3 Å². The minimum absolute atomic E-state index is 0.309. The van der Waals surface area contributed by atoms with E-state index in [2.05, 4.69) is 312 Å². The van der Waals surface area contributed by atoms with Gasteiger partial charge in [-0.2, -0.15) is 0 Å². The smallest absolute Gasteiger partial charge is 0.179 e. The zero-order chi connectivity index (χ0) is 93.4. The predicted octanol–water partition coefficient (Wildman–Crippen LogP) is 29.8. The first kappa shape index (κ1) is 85.7. The molecule has 0 aliphatic carbocycles. The molecule has 658 valence electrons. The average Bonchev–Trinajstić information content (AvgIpc) is 0.753. The average molecular weight is 1780 g/mol. The molecule has 0 amide bonds. The van der Waals surface area contributed by atoms with Crippen LogP contribution in [0, 0.1) is 27.7 Å². The van der Waals surface area contributed by atoms with Crippen LogP contribution in [0.3, 0.4) is 0 Å². The van der Waals surface area contributed by atoms with Gasteiger partial charge in [-0.3, -0.25) is 29.9 Å². The molecule has 0 bridgehead atoms. The third-order valence-electron chi connectivity index (χ3n) is 25.3. The van der Waals surface area contributed by atoms with Crippen LogP contribution in [0.4, 0.5) is 0 Å². The van der Waals surface area contributed by atoms with Gasteiger partial charge in [0.25, 0.3) is 0 Å². The molecule has 16 nitrogen and oxygen atoms in total. The van der Waals surface area contributed by atoms with Gasteiger partial charge in [-0.1, -0.05) is 301 Å². The first-order chi connectivity index (χ1) is 67.6. The summed E-state index contributed by atoms with van der Waals surface area (Å²) in [5.74, 6) is 3.75. The van der Waals surface area contributed by atoms with E-state index in [0.29, 0.717) is 46.7 Å². The van der Waals surface area contributed by atoms with Crippen molar-refractivity contribution in [2.45, 2.75) is 67.2 Å². The van der Waals surface area contributed by atoms with Gasteiger partial charge in [0.2, 0.25) is 0 Å². The number of pyridine rings is 9. The van der Waals surface area contributed by atoms with Crippen LogP contribution >= 0.6 is 0 Å². The number of fused-ring (bicyclic) bond motifs is 11. The van der Waals surface area contributed by atoms with Crippen molar-refractivity contribution in [2.75, 3.05) is 0 Å². The van der Waals surface area contributed by atoms with Gasteiger partial charge in [0.1, 0.15) is 5.69 Å². The standard InChI is InChI=1S/C43H35N5.C40H28N6.C39H27N5/c1-26(2)35-24-37(27(3)4)46-42-34(35)20-18-30-19-21-36(45-41(30)42)39-25-38(28-11-6-5-7-12-28)47-43(48-39)32-15-8-14-31(23-32)33-17-9-13-29-16-10-22-44-40(29)33;1-25-23-26(2)42-37-34(25)17-15-28-16-18-35(43-36(28)37)33-10-6-9-32(24-33)27-11-13-30(14-12-27)39-44-38(29-7-4-3-5-8-29)45-40(46-39)31-19-21-41-22-20-31;1-24-21-25(2)41-38-31(24)18-16-28-17-19-33(42-37(28)38)39-43-34(26-9-4-3-5-10-26)23-35(44-39)30-13-6-12-29(22-30)32-15-7-11-27-14-8-20-40-36(27)32/h5-27H,1-4H3;3-24H,1-2H3;3-23H,1-2H3. The third kappa shape index (κ3) is 17.3. The summed E-state index contributed by atoms with van der Waals surface area (Å²) in [4.78, 5) is 78.9. The first-order valence-electron chi connectivity index (χ1n) is 46.4. The Morgan fingerprint density at radius 2 is 0.565 bits per heavy atom. The van der Waals surface area contributed by atoms with Gasteiger partial charge in [0.15, 0.2) is 29.1 Å². The van der Waals surface area contributed by atoms with E-state index in [9.17, 15) is 0 Å². The molecular formula is C122H90N16. The number of para-hydroxylation sites is 2. The summed E-state index contributed by atoms with van der Waals surface area (Å²) in [6.45, 7) is 17.2. The molecule has 0 atom stereocenters. The maximum Gasteiger partial charge on any atom is 0.179 e. The maximum absolute atomic E-state index is 5.28. The fourth-order valence-corrected chi connectivity index (χ4v) is 18.3. The van der Waals surface area contributed by atoms with Crippen LogP contribution in [0.25, 0.3) is 234 Å². The van der Waals surface area contributed by atoms with Crippen molar-refractivity contribution in [2.24, 2.45) is 0 Å². The maximum atomic E-state index is 5.28. The molecule has 0 spiro atoms. The summed E-state index contributed by atoms with van der Waals surface area (Å²) in [6, 6.07) is 125. The molecule has 0 saturated carbocycles.